The van der Waals surface area contributed by atoms with Gasteiger partial charge in [-0.3, -0.25) is 9.59 Å². The molecule has 0 N–H and O–H groups in total. The first-order valence-corrected chi connectivity index (χ1v) is 9.24. The molecule has 4 rings (SSSR count). The van der Waals surface area contributed by atoms with Crippen molar-refractivity contribution in [3.05, 3.63) is 42.0 Å². The molecule has 3 aliphatic heterocycles. The van der Waals surface area contributed by atoms with Crippen molar-refractivity contribution in [1.82, 2.24) is 14.7 Å². The van der Waals surface area contributed by atoms with Crippen LogP contribution in [0.1, 0.15) is 22.3 Å². The lowest BCUT2D eigenvalue weighted by Crippen LogP contribution is -2.60. The molecule has 1 aromatic rings. The summed E-state index contributed by atoms with van der Waals surface area (Å²) in [5.41, 5.74) is 3.06. The van der Waals surface area contributed by atoms with Gasteiger partial charge in [-0.1, -0.05) is 12.6 Å². The Morgan fingerprint density at radius 2 is 2.04 bits per heavy atom. The number of likely N-dealkylation sites (tertiary alicyclic amines) is 1. The largest absolute Gasteiger partial charge is 0.370 e. The number of nitrogens with zero attached hydrogens (tertiary/aromatic N) is 4. The van der Waals surface area contributed by atoms with Gasteiger partial charge in [0.05, 0.1) is 6.04 Å². The molecule has 2 fully saturated rings. The summed E-state index contributed by atoms with van der Waals surface area (Å²) in [5, 5.41) is 0. The number of hydrogen-bond acceptors (Lipinski definition) is 4. The number of hydrogen-bond donors (Lipinski definition) is 0. The SMILES string of the molecule is C=CC(=O)N1CC(N2Cc3ccc(N4CCC(N(C)C)C4)cc3C2=O)C1. The number of amides is 2. The predicted octanol–water partition coefficient (Wildman–Crippen LogP) is 1.18. The van der Waals surface area contributed by atoms with Crippen LogP contribution in [0.4, 0.5) is 5.69 Å². The van der Waals surface area contributed by atoms with Crippen molar-refractivity contribution in [2.75, 3.05) is 45.2 Å². The number of anilines is 1. The van der Waals surface area contributed by atoms with Crippen LogP contribution in [0, 0.1) is 0 Å². The van der Waals surface area contributed by atoms with Gasteiger partial charge in [0.25, 0.3) is 5.91 Å². The molecule has 1 unspecified atom stereocenters. The van der Waals surface area contributed by atoms with Gasteiger partial charge in [0.1, 0.15) is 0 Å². The first kappa shape index (κ1) is 17.1. The van der Waals surface area contributed by atoms with E-state index in [1.54, 1.807) is 4.90 Å². The summed E-state index contributed by atoms with van der Waals surface area (Å²) in [6.07, 6.45) is 2.49. The molecular weight excluding hydrogens is 328 g/mol. The molecule has 1 atom stereocenters. The van der Waals surface area contributed by atoms with E-state index in [1.807, 2.05) is 4.90 Å². The molecule has 6 heteroatoms. The molecule has 0 saturated carbocycles. The molecule has 3 aliphatic rings. The van der Waals surface area contributed by atoms with Gasteiger partial charge in [-0.2, -0.15) is 0 Å². The van der Waals surface area contributed by atoms with Gasteiger partial charge in [0.15, 0.2) is 0 Å². The average molecular weight is 354 g/mol. The molecule has 6 nitrogen and oxygen atoms in total. The fourth-order valence-electron chi connectivity index (χ4n) is 4.16. The molecule has 138 valence electrons. The minimum atomic E-state index is -0.0582. The van der Waals surface area contributed by atoms with Crippen molar-refractivity contribution >= 4 is 17.5 Å². The van der Waals surface area contributed by atoms with Crippen molar-refractivity contribution in [2.24, 2.45) is 0 Å². The molecule has 2 saturated heterocycles. The van der Waals surface area contributed by atoms with Crippen LogP contribution in [0.15, 0.2) is 30.9 Å². The fourth-order valence-corrected chi connectivity index (χ4v) is 4.16. The quantitative estimate of drug-likeness (QED) is 0.762. The Labute approximate surface area is 154 Å². The summed E-state index contributed by atoms with van der Waals surface area (Å²) >= 11 is 0. The third kappa shape index (κ3) is 2.78. The van der Waals surface area contributed by atoms with E-state index in [-0.39, 0.29) is 17.9 Å². The van der Waals surface area contributed by atoms with Crippen molar-refractivity contribution < 1.29 is 9.59 Å². The van der Waals surface area contributed by atoms with E-state index in [1.165, 1.54) is 6.08 Å². The molecular formula is C20H26N4O2. The second-order valence-electron chi connectivity index (χ2n) is 7.73. The smallest absolute Gasteiger partial charge is 0.254 e. The molecule has 26 heavy (non-hydrogen) atoms. The topological polar surface area (TPSA) is 47.1 Å². The van der Waals surface area contributed by atoms with Gasteiger partial charge in [-0.05, 0) is 44.3 Å². The lowest BCUT2D eigenvalue weighted by Gasteiger charge is -2.43. The fraction of sp³-hybridized carbons (Fsp3) is 0.500. The Bertz CT molecular complexity index is 754. The van der Waals surface area contributed by atoms with Gasteiger partial charge in [-0.25, -0.2) is 0 Å². The van der Waals surface area contributed by atoms with E-state index in [0.717, 1.165) is 36.3 Å². The first-order valence-electron chi connectivity index (χ1n) is 9.24. The van der Waals surface area contributed by atoms with Crippen LogP contribution in [-0.4, -0.2) is 78.9 Å². The maximum absolute atomic E-state index is 12.9. The zero-order valence-electron chi connectivity index (χ0n) is 15.5. The normalized spacial score (nSPS) is 22.8. The second-order valence-corrected chi connectivity index (χ2v) is 7.73. The zero-order valence-corrected chi connectivity index (χ0v) is 15.5. The summed E-state index contributed by atoms with van der Waals surface area (Å²) in [5.74, 6) is 0.0399. The van der Waals surface area contributed by atoms with E-state index in [2.05, 4.69) is 48.7 Å². The number of likely N-dealkylation sites (N-methyl/N-ethyl adjacent to an activating group) is 1. The van der Waals surface area contributed by atoms with Crippen LogP contribution in [0.25, 0.3) is 0 Å². The van der Waals surface area contributed by atoms with Gasteiger partial charge < -0.3 is 19.6 Å². The monoisotopic (exact) mass is 354 g/mol. The van der Waals surface area contributed by atoms with Crippen molar-refractivity contribution in [3.8, 4) is 0 Å². The summed E-state index contributed by atoms with van der Waals surface area (Å²) < 4.78 is 0. The molecule has 3 heterocycles. The van der Waals surface area contributed by atoms with Crippen LogP contribution in [0.2, 0.25) is 0 Å². The Balaban J connectivity index is 1.45. The van der Waals surface area contributed by atoms with Crippen LogP contribution in [-0.2, 0) is 11.3 Å². The lowest BCUT2D eigenvalue weighted by molar-refractivity contribution is -0.132. The highest BCUT2D eigenvalue weighted by atomic mass is 16.2. The maximum atomic E-state index is 12.9. The maximum Gasteiger partial charge on any atom is 0.254 e. The standard InChI is InChI=1S/C20H26N4O2/c1-4-19(25)23-12-17(13-23)24-10-14-5-6-15(9-18(14)20(24)26)22-8-7-16(11-22)21(2)3/h4-6,9,16-17H,1,7-8,10-13H2,2-3H3. The van der Waals surface area contributed by atoms with E-state index in [0.29, 0.717) is 25.7 Å². The first-order chi connectivity index (χ1) is 12.5. The van der Waals surface area contributed by atoms with Crippen LogP contribution in [0.3, 0.4) is 0 Å². The van der Waals surface area contributed by atoms with Gasteiger partial charge >= 0.3 is 0 Å². The lowest BCUT2D eigenvalue weighted by atomic mass is 10.1. The minimum absolute atomic E-state index is 0.0582. The minimum Gasteiger partial charge on any atom is -0.370 e. The highest BCUT2D eigenvalue weighted by Gasteiger charge is 2.40. The number of rotatable bonds is 4. The highest BCUT2D eigenvalue weighted by Crippen LogP contribution is 2.32. The Kier molecular flexibility index (Phi) is 4.23. The van der Waals surface area contributed by atoms with Gasteiger partial charge in [0, 0.05) is 50.0 Å². The third-order valence-electron chi connectivity index (χ3n) is 5.97. The number of fused-ring (bicyclic) bond motifs is 1. The molecule has 0 aliphatic carbocycles. The predicted molar refractivity (Wildman–Crippen MR) is 101 cm³/mol. The summed E-state index contributed by atoms with van der Waals surface area (Å²) in [4.78, 5) is 32.8. The van der Waals surface area contributed by atoms with Gasteiger partial charge in [0.2, 0.25) is 5.91 Å². The number of benzene rings is 1. The van der Waals surface area contributed by atoms with Crippen molar-refractivity contribution in [3.63, 3.8) is 0 Å². The van der Waals surface area contributed by atoms with E-state index in [4.69, 9.17) is 0 Å². The van der Waals surface area contributed by atoms with Crippen LogP contribution < -0.4 is 4.90 Å². The van der Waals surface area contributed by atoms with Crippen LogP contribution in [0.5, 0.6) is 0 Å². The summed E-state index contributed by atoms with van der Waals surface area (Å²) in [6.45, 7) is 7.41. The zero-order chi connectivity index (χ0) is 18.4. The molecule has 0 radical (unpaired) electrons. The Hall–Kier alpha value is -2.34. The van der Waals surface area contributed by atoms with Crippen LogP contribution >= 0.6 is 0 Å². The number of carbonyl (C=O) groups is 2. The van der Waals surface area contributed by atoms with E-state index < -0.39 is 0 Å². The summed E-state index contributed by atoms with van der Waals surface area (Å²) in [7, 11) is 4.24. The molecule has 0 spiro atoms. The van der Waals surface area contributed by atoms with Gasteiger partial charge in [-0.15, -0.1) is 0 Å². The second kappa shape index (κ2) is 6.43. The molecule has 2 amide bonds. The Morgan fingerprint density at radius 3 is 2.69 bits per heavy atom. The summed E-state index contributed by atoms with van der Waals surface area (Å²) in [6, 6.07) is 6.98. The van der Waals surface area contributed by atoms with Crippen molar-refractivity contribution in [1.29, 1.82) is 0 Å². The number of carbonyl (C=O) groups excluding carboxylic acids is 2. The van der Waals surface area contributed by atoms with E-state index in [9.17, 15) is 9.59 Å². The molecule has 1 aromatic carbocycles. The molecule has 0 bridgehead atoms. The molecule has 0 aromatic heterocycles. The average Bonchev–Trinajstić information content (AvgIpc) is 3.19. The van der Waals surface area contributed by atoms with E-state index >= 15 is 0 Å². The highest BCUT2D eigenvalue weighted by molar-refractivity contribution is 5.99. The van der Waals surface area contributed by atoms with Crippen molar-refractivity contribution in [2.45, 2.75) is 25.0 Å². The Morgan fingerprint density at radius 1 is 1.27 bits per heavy atom. The third-order valence-corrected chi connectivity index (χ3v) is 5.97.